The summed E-state index contributed by atoms with van der Waals surface area (Å²) in [6, 6.07) is 11.4. The number of esters is 2. The Morgan fingerprint density at radius 3 is 2.50 bits per heavy atom. The van der Waals surface area contributed by atoms with Crippen LogP contribution in [0.5, 0.6) is 5.75 Å². The summed E-state index contributed by atoms with van der Waals surface area (Å²) in [5.41, 5.74) is 1.30. The zero-order valence-electron chi connectivity index (χ0n) is 15.5. The number of carbonyl (C=O) groups excluding carboxylic acids is 3. The molecule has 1 N–H and O–H groups in total. The molecule has 0 saturated heterocycles. The predicted octanol–water partition coefficient (Wildman–Crippen LogP) is 3.39. The molecule has 148 valence electrons. The van der Waals surface area contributed by atoms with Crippen LogP contribution in [0.25, 0.3) is 0 Å². The molecule has 0 unspecified atom stereocenters. The van der Waals surface area contributed by atoms with Gasteiger partial charge in [-0.15, -0.1) is 0 Å². The number of hydrogen-bond acceptors (Lipinski definition) is 6. The maximum Gasteiger partial charge on any atom is 0.344 e. The van der Waals surface area contributed by atoms with E-state index in [0.29, 0.717) is 10.8 Å². The number of aryl methyl sites for hydroxylation is 1. The van der Waals surface area contributed by atoms with E-state index in [9.17, 15) is 14.4 Å². The van der Waals surface area contributed by atoms with Crippen LogP contribution in [0.3, 0.4) is 0 Å². The average Bonchev–Trinajstić information content (AvgIpc) is 2.68. The second kappa shape index (κ2) is 10.3. The average molecular weight is 406 g/mol. The second-order valence-corrected chi connectivity index (χ2v) is 6.08. The number of carbonyl (C=O) groups is 3. The minimum atomic E-state index is -0.707. The Balaban J connectivity index is 1.83. The van der Waals surface area contributed by atoms with Crippen LogP contribution >= 0.6 is 11.6 Å². The lowest BCUT2D eigenvalue weighted by Gasteiger charge is -2.11. The predicted molar refractivity (Wildman–Crippen MR) is 104 cm³/mol. The number of anilines is 1. The van der Waals surface area contributed by atoms with E-state index in [2.05, 4.69) is 5.32 Å². The van der Waals surface area contributed by atoms with Crippen LogP contribution in [0, 0.1) is 6.92 Å². The third kappa shape index (κ3) is 6.28. The molecule has 0 fully saturated rings. The highest BCUT2D eigenvalue weighted by Crippen LogP contribution is 2.21. The molecule has 1 amide bonds. The van der Waals surface area contributed by atoms with Gasteiger partial charge in [-0.05, 0) is 49.7 Å². The maximum absolute atomic E-state index is 12.0. The highest BCUT2D eigenvalue weighted by molar-refractivity contribution is 6.31. The van der Waals surface area contributed by atoms with Gasteiger partial charge in [0.1, 0.15) is 5.75 Å². The third-order valence-electron chi connectivity index (χ3n) is 3.55. The van der Waals surface area contributed by atoms with Gasteiger partial charge in [0, 0.05) is 5.02 Å². The Bertz CT molecular complexity index is 868. The van der Waals surface area contributed by atoms with Crippen molar-refractivity contribution in [2.45, 2.75) is 13.8 Å². The summed E-state index contributed by atoms with van der Waals surface area (Å²) in [6.45, 7) is 2.84. The summed E-state index contributed by atoms with van der Waals surface area (Å²) in [5, 5.41) is 3.11. The molecule has 0 heterocycles. The highest BCUT2D eigenvalue weighted by Gasteiger charge is 2.15. The maximum atomic E-state index is 12.0. The van der Waals surface area contributed by atoms with Crippen molar-refractivity contribution in [2.24, 2.45) is 0 Å². The number of benzene rings is 2. The van der Waals surface area contributed by atoms with Crippen molar-refractivity contribution >= 4 is 35.1 Å². The first kappa shape index (κ1) is 21.2. The second-order valence-electron chi connectivity index (χ2n) is 5.67. The van der Waals surface area contributed by atoms with E-state index in [-0.39, 0.29) is 24.5 Å². The Hall–Kier alpha value is -3.06. The number of rotatable bonds is 8. The van der Waals surface area contributed by atoms with E-state index < -0.39 is 24.5 Å². The molecule has 2 aromatic carbocycles. The quantitative estimate of drug-likeness (QED) is 0.677. The third-order valence-corrected chi connectivity index (χ3v) is 3.97. The summed E-state index contributed by atoms with van der Waals surface area (Å²) in [5.74, 6) is -1.39. The van der Waals surface area contributed by atoms with Crippen LogP contribution in [-0.4, -0.2) is 37.7 Å². The first-order valence-corrected chi connectivity index (χ1v) is 8.89. The number of halogens is 1. The van der Waals surface area contributed by atoms with Gasteiger partial charge in [-0.25, -0.2) is 9.59 Å². The number of ether oxygens (including phenoxy) is 3. The molecule has 0 aliphatic carbocycles. The molecule has 0 aliphatic rings. The topological polar surface area (TPSA) is 90.9 Å². The number of para-hydroxylation sites is 1. The van der Waals surface area contributed by atoms with Crippen LogP contribution in [0.15, 0.2) is 42.5 Å². The monoisotopic (exact) mass is 405 g/mol. The van der Waals surface area contributed by atoms with E-state index in [1.165, 1.54) is 6.07 Å². The lowest BCUT2D eigenvalue weighted by Crippen LogP contribution is -2.24. The van der Waals surface area contributed by atoms with E-state index in [1.54, 1.807) is 43.3 Å². The van der Waals surface area contributed by atoms with Crippen LogP contribution in [0.1, 0.15) is 22.8 Å². The van der Waals surface area contributed by atoms with Gasteiger partial charge < -0.3 is 19.5 Å². The molecule has 7 nitrogen and oxygen atoms in total. The summed E-state index contributed by atoms with van der Waals surface area (Å²) >= 11 is 5.92. The van der Waals surface area contributed by atoms with Crippen molar-refractivity contribution in [1.29, 1.82) is 0 Å². The molecule has 2 rings (SSSR count). The smallest absolute Gasteiger partial charge is 0.344 e. The minimum Gasteiger partial charge on any atom is -0.482 e. The molecule has 2 aromatic rings. The van der Waals surface area contributed by atoms with Gasteiger partial charge in [-0.2, -0.15) is 0 Å². The SMILES string of the molecule is CCOC(=O)c1ccccc1NC(=O)COC(=O)COc1ccc(Cl)c(C)c1. The van der Waals surface area contributed by atoms with Gasteiger partial charge in [0.25, 0.3) is 5.91 Å². The standard InChI is InChI=1S/C20H20ClNO6/c1-3-26-20(25)15-6-4-5-7-17(15)22-18(23)11-28-19(24)12-27-14-8-9-16(21)13(2)10-14/h4-10H,3,11-12H2,1-2H3,(H,22,23). The molecular weight excluding hydrogens is 386 g/mol. The van der Waals surface area contributed by atoms with Gasteiger partial charge in [-0.3, -0.25) is 4.79 Å². The Morgan fingerprint density at radius 1 is 1.04 bits per heavy atom. The number of nitrogens with one attached hydrogen (secondary N) is 1. The Kier molecular flexibility index (Phi) is 7.83. The van der Waals surface area contributed by atoms with Crippen LogP contribution in [-0.2, 0) is 19.1 Å². The molecule has 0 bridgehead atoms. The van der Waals surface area contributed by atoms with Crippen molar-refractivity contribution in [3.8, 4) is 5.75 Å². The molecule has 0 spiro atoms. The van der Waals surface area contributed by atoms with Crippen molar-refractivity contribution in [3.63, 3.8) is 0 Å². The summed E-state index contributed by atoms with van der Waals surface area (Å²) in [4.78, 5) is 35.7. The lowest BCUT2D eigenvalue weighted by atomic mass is 10.2. The van der Waals surface area contributed by atoms with Crippen LogP contribution < -0.4 is 10.1 Å². The van der Waals surface area contributed by atoms with Gasteiger partial charge in [-0.1, -0.05) is 23.7 Å². The fourth-order valence-corrected chi connectivity index (χ4v) is 2.32. The van der Waals surface area contributed by atoms with Crippen molar-refractivity contribution < 1.29 is 28.6 Å². The summed E-state index contributed by atoms with van der Waals surface area (Å²) < 4.78 is 15.1. The zero-order chi connectivity index (χ0) is 20.5. The van der Waals surface area contributed by atoms with Crippen LogP contribution in [0.4, 0.5) is 5.69 Å². The molecule has 0 radical (unpaired) electrons. The molecule has 0 atom stereocenters. The van der Waals surface area contributed by atoms with Crippen molar-refractivity contribution in [2.75, 3.05) is 25.1 Å². The van der Waals surface area contributed by atoms with Crippen molar-refractivity contribution in [1.82, 2.24) is 0 Å². The summed E-state index contributed by atoms with van der Waals surface area (Å²) in [6.07, 6.45) is 0. The number of hydrogen-bond donors (Lipinski definition) is 1. The number of amides is 1. The molecular formula is C20H20ClNO6. The van der Waals surface area contributed by atoms with E-state index in [1.807, 2.05) is 6.92 Å². The van der Waals surface area contributed by atoms with Gasteiger partial charge in [0.2, 0.25) is 0 Å². The lowest BCUT2D eigenvalue weighted by molar-refractivity contribution is -0.149. The first-order chi connectivity index (χ1) is 13.4. The Morgan fingerprint density at radius 2 is 1.79 bits per heavy atom. The van der Waals surface area contributed by atoms with E-state index in [0.717, 1.165) is 5.56 Å². The van der Waals surface area contributed by atoms with Crippen LogP contribution in [0.2, 0.25) is 5.02 Å². The molecule has 28 heavy (non-hydrogen) atoms. The summed E-state index contributed by atoms with van der Waals surface area (Å²) in [7, 11) is 0. The first-order valence-electron chi connectivity index (χ1n) is 8.51. The fraction of sp³-hybridized carbons (Fsp3) is 0.250. The Labute approximate surface area is 167 Å². The highest BCUT2D eigenvalue weighted by atomic mass is 35.5. The molecule has 8 heteroatoms. The minimum absolute atomic E-state index is 0.213. The molecule has 0 aromatic heterocycles. The zero-order valence-corrected chi connectivity index (χ0v) is 16.2. The fourth-order valence-electron chi connectivity index (χ4n) is 2.20. The van der Waals surface area contributed by atoms with Gasteiger partial charge in [0.15, 0.2) is 13.2 Å². The van der Waals surface area contributed by atoms with Gasteiger partial charge in [0.05, 0.1) is 17.9 Å². The van der Waals surface area contributed by atoms with E-state index in [4.69, 9.17) is 25.8 Å². The molecule has 0 aliphatic heterocycles. The van der Waals surface area contributed by atoms with Gasteiger partial charge >= 0.3 is 11.9 Å². The molecule has 0 saturated carbocycles. The normalized spacial score (nSPS) is 10.1. The largest absolute Gasteiger partial charge is 0.482 e. The van der Waals surface area contributed by atoms with Crippen molar-refractivity contribution in [3.05, 3.63) is 58.6 Å². The van der Waals surface area contributed by atoms with E-state index >= 15 is 0 Å².